The summed E-state index contributed by atoms with van der Waals surface area (Å²) < 4.78 is 0. The quantitative estimate of drug-likeness (QED) is 0.756. The second-order valence-corrected chi connectivity index (χ2v) is 5.17. The van der Waals surface area contributed by atoms with Gasteiger partial charge in [-0.15, -0.1) is 0 Å². The monoisotopic (exact) mass is 237 g/mol. The fourth-order valence-corrected chi connectivity index (χ4v) is 2.88. The highest BCUT2D eigenvalue weighted by Crippen LogP contribution is 2.29. The number of rotatable bonds is 1. The van der Waals surface area contributed by atoms with Crippen molar-refractivity contribution in [2.45, 2.75) is 19.4 Å². The number of aromatic nitrogens is 1. The first-order valence-corrected chi connectivity index (χ1v) is 6.22. The molecule has 2 atom stereocenters. The average Bonchev–Trinajstić information content (AvgIpc) is 2.81. The largest absolute Gasteiger partial charge is 0.368 e. The Bertz CT molecular complexity index is 395. The van der Waals surface area contributed by atoms with Gasteiger partial charge >= 0.3 is 0 Å². The lowest BCUT2D eigenvalue weighted by Crippen LogP contribution is -2.30. The van der Waals surface area contributed by atoms with E-state index in [1.807, 2.05) is 13.1 Å². The van der Waals surface area contributed by atoms with E-state index >= 15 is 0 Å². The molecule has 0 unspecified atom stereocenters. The molecule has 0 saturated carbocycles. The van der Waals surface area contributed by atoms with Gasteiger partial charge in [-0.3, -0.25) is 0 Å². The number of hydrogen-bond acceptors (Lipinski definition) is 3. The van der Waals surface area contributed by atoms with Gasteiger partial charge in [-0.2, -0.15) is 0 Å². The molecule has 0 aromatic carbocycles. The standard InChI is InChI=1S/C12H16ClN3/c1-8-4-10(5-15-12(8)13)16-6-9-2-3-14-11(9)7-16/h4-5,9,11,14H,2-3,6-7H2,1H3/t9-,11+/m1/s1. The number of nitrogens with one attached hydrogen (secondary N) is 1. The molecule has 0 spiro atoms. The maximum atomic E-state index is 5.94. The van der Waals surface area contributed by atoms with Gasteiger partial charge in [0.2, 0.25) is 0 Å². The highest BCUT2D eigenvalue weighted by Gasteiger charge is 2.35. The summed E-state index contributed by atoms with van der Waals surface area (Å²) in [6, 6.07) is 2.81. The second kappa shape index (κ2) is 3.90. The van der Waals surface area contributed by atoms with Crippen LogP contribution in [0.4, 0.5) is 5.69 Å². The molecule has 1 aromatic heterocycles. The van der Waals surface area contributed by atoms with E-state index in [0.717, 1.165) is 24.6 Å². The van der Waals surface area contributed by atoms with Crippen molar-refractivity contribution in [1.29, 1.82) is 0 Å². The van der Waals surface area contributed by atoms with Crippen molar-refractivity contribution in [2.75, 3.05) is 24.5 Å². The summed E-state index contributed by atoms with van der Waals surface area (Å²) in [7, 11) is 0. The fourth-order valence-electron chi connectivity index (χ4n) is 2.78. The summed E-state index contributed by atoms with van der Waals surface area (Å²) in [6.07, 6.45) is 3.19. The Balaban J connectivity index is 1.81. The molecule has 3 rings (SSSR count). The van der Waals surface area contributed by atoms with E-state index in [-0.39, 0.29) is 0 Å². The molecule has 16 heavy (non-hydrogen) atoms. The molecule has 2 fully saturated rings. The topological polar surface area (TPSA) is 28.2 Å². The normalized spacial score (nSPS) is 28.5. The van der Waals surface area contributed by atoms with Crippen molar-refractivity contribution >= 4 is 17.3 Å². The van der Waals surface area contributed by atoms with Crippen molar-refractivity contribution in [3.8, 4) is 0 Å². The molecular weight excluding hydrogens is 222 g/mol. The van der Waals surface area contributed by atoms with E-state index in [4.69, 9.17) is 11.6 Å². The molecule has 2 aliphatic rings. The van der Waals surface area contributed by atoms with E-state index in [1.165, 1.54) is 18.7 Å². The highest BCUT2D eigenvalue weighted by molar-refractivity contribution is 6.30. The molecule has 2 aliphatic heterocycles. The molecular formula is C12H16ClN3. The Kier molecular flexibility index (Phi) is 2.52. The van der Waals surface area contributed by atoms with Gasteiger partial charge in [0, 0.05) is 19.1 Å². The van der Waals surface area contributed by atoms with E-state index in [0.29, 0.717) is 11.2 Å². The molecule has 4 heteroatoms. The van der Waals surface area contributed by atoms with Crippen LogP contribution >= 0.6 is 11.6 Å². The van der Waals surface area contributed by atoms with Gasteiger partial charge < -0.3 is 10.2 Å². The van der Waals surface area contributed by atoms with Gasteiger partial charge in [0.05, 0.1) is 11.9 Å². The van der Waals surface area contributed by atoms with Crippen LogP contribution in [0, 0.1) is 12.8 Å². The summed E-state index contributed by atoms with van der Waals surface area (Å²) in [6.45, 7) is 5.45. The van der Waals surface area contributed by atoms with E-state index in [9.17, 15) is 0 Å². The summed E-state index contributed by atoms with van der Waals surface area (Å²) >= 11 is 5.94. The average molecular weight is 238 g/mol. The first-order valence-electron chi connectivity index (χ1n) is 5.84. The lowest BCUT2D eigenvalue weighted by Gasteiger charge is -2.19. The molecule has 2 saturated heterocycles. The fraction of sp³-hybridized carbons (Fsp3) is 0.583. The van der Waals surface area contributed by atoms with Crippen molar-refractivity contribution in [3.05, 3.63) is 23.0 Å². The van der Waals surface area contributed by atoms with E-state index in [1.54, 1.807) is 0 Å². The van der Waals surface area contributed by atoms with Gasteiger partial charge in [0.25, 0.3) is 0 Å². The van der Waals surface area contributed by atoms with Crippen LogP contribution < -0.4 is 10.2 Å². The minimum Gasteiger partial charge on any atom is -0.368 e. The van der Waals surface area contributed by atoms with Gasteiger partial charge in [-0.1, -0.05) is 11.6 Å². The van der Waals surface area contributed by atoms with E-state index in [2.05, 4.69) is 21.3 Å². The molecule has 3 nitrogen and oxygen atoms in total. The third-order valence-corrected chi connectivity index (χ3v) is 4.12. The first kappa shape index (κ1) is 10.4. The number of anilines is 1. The first-order chi connectivity index (χ1) is 7.74. The van der Waals surface area contributed by atoms with Crippen molar-refractivity contribution in [1.82, 2.24) is 10.3 Å². The van der Waals surface area contributed by atoms with Crippen LogP contribution in [-0.2, 0) is 0 Å². The number of halogens is 1. The van der Waals surface area contributed by atoms with E-state index < -0.39 is 0 Å². The zero-order valence-electron chi connectivity index (χ0n) is 9.41. The number of pyridine rings is 1. The van der Waals surface area contributed by atoms with Gasteiger partial charge in [0.15, 0.2) is 0 Å². The Morgan fingerprint density at radius 2 is 2.38 bits per heavy atom. The van der Waals surface area contributed by atoms with Crippen LogP contribution in [0.3, 0.4) is 0 Å². The minimum absolute atomic E-state index is 0.612. The van der Waals surface area contributed by atoms with Crippen LogP contribution in [0.15, 0.2) is 12.3 Å². The Morgan fingerprint density at radius 3 is 3.12 bits per heavy atom. The smallest absolute Gasteiger partial charge is 0.132 e. The van der Waals surface area contributed by atoms with Gasteiger partial charge in [-0.25, -0.2) is 4.98 Å². The lowest BCUT2D eigenvalue weighted by molar-refractivity contribution is 0.556. The van der Waals surface area contributed by atoms with Gasteiger partial charge in [-0.05, 0) is 37.4 Å². The molecule has 0 radical (unpaired) electrons. The Morgan fingerprint density at radius 1 is 1.50 bits per heavy atom. The third kappa shape index (κ3) is 1.68. The zero-order chi connectivity index (χ0) is 11.1. The number of fused-ring (bicyclic) bond motifs is 1. The van der Waals surface area contributed by atoms with Gasteiger partial charge in [0.1, 0.15) is 5.15 Å². The maximum absolute atomic E-state index is 5.94. The SMILES string of the molecule is Cc1cc(N2C[C@H]3CCN[C@H]3C2)cnc1Cl. The van der Waals surface area contributed by atoms with Crippen LogP contribution in [0.2, 0.25) is 5.15 Å². The molecule has 86 valence electrons. The number of nitrogens with zero attached hydrogens (tertiary/aromatic N) is 2. The van der Waals surface area contributed by atoms with Crippen LogP contribution in [0.25, 0.3) is 0 Å². The Labute approximate surface area is 101 Å². The molecule has 3 heterocycles. The predicted molar refractivity (Wildman–Crippen MR) is 66.1 cm³/mol. The molecule has 0 amide bonds. The lowest BCUT2D eigenvalue weighted by atomic mass is 10.1. The van der Waals surface area contributed by atoms with Crippen molar-refractivity contribution < 1.29 is 0 Å². The van der Waals surface area contributed by atoms with Crippen LogP contribution in [0.5, 0.6) is 0 Å². The Hall–Kier alpha value is -0.800. The summed E-state index contributed by atoms with van der Waals surface area (Å²) in [5.74, 6) is 0.816. The number of aryl methyl sites for hydroxylation is 1. The molecule has 0 bridgehead atoms. The number of hydrogen-bond donors (Lipinski definition) is 1. The molecule has 1 N–H and O–H groups in total. The highest BCUT2D eigenvalue weighted by atomic mass is 35.5. The second-order valence-electron chi connectivity index (χ2n) is 4.82. The maximum Gasteiger partial charge on any atom is 0.132 e. The van der Waals surface area contributed by atoms with Crippen LogP contribution in [0.1, 0.15) is 12.0 Å². The predicted octanol–water partition coefficient (Wildman–Crippen LogP) is 1.84. The third-order valence-electron chi connectivity index (χ3n) is 3.73. The summed E-state index contributed by atoms with van der Waals surface area (Å²) in [5, 5.41) is 4.17. The summed E-state index contributed by atoms with van der Waals surface area (Å²) in [5.41, 5.74) is 2.27. The van der Waals surface area contributed by atoms with Crippen LogP contribution in [-0.4, -0.2) is 30.7 Å². The van der Waals surface area contributed by atoms with Crippen molar-refractivity contribution in [2.24, 2.45) is 5.92 Å². The summed E-state index contributed by atoms with van der Waals surface area (Å²) in [4.78, 5) is 6.64. The van der Waals surface area contributed by atoms with Crippen molar-refractivity contribution in [3.63, 3.8) is 0 Å². The molecule has 1 aromatic rings. The molecule has 0 aliphatic carbocycles. The zero-order valence-corrected chi connectivity index (χ0v) is 10.2. The minimum atomic E-state index is 0.612.